The molecule has 1 amide bonds. The Labute approximate surface area is 330 Å². The van der Waals surface area contributed by atoms with Gasteiger partial charge < -0.3 is 39.0 Å². The summed E-state index contributed by atoms with van der Waals surface area (Å²) in [5.41, 5.74) is -0.624. The summed E-state index contributed by atoms with van der Waals surface area (Å²) >= 11 is 0. The number of likely N-dealkylation sites (N-methyl/N-ethyl adjacent to an activating group) is 1. The lowest BCUT2D eigenvalue weighted by Crippen LogP contribution is -2.60. The van der Waals surface area contributed by atoms with Gasteiger partial charge >= 0.3 is 12.1 Å². The summed E-state index contributed by atoms with van der Waals surface area (Å²) in [6.45, 7) is 14.3. The third kappa shape index (κ3) is 8.25. The number of nitrogens with one attached hydrogen (secondary N) is 1. The molecular formula is C43H61N3O10. The fraction of sp³-hybridized carbons (Fsp3) is 0.698. The molecule has 1 aromatic carbocycles. The van der Waals surface area contributed by atoms with E-state index in [-0.39, 0.29) is 42.6 Å². The van der Waals surface area contributed by atoms with Crippen molar-refractivity contribution in [3.63, 3.8) is 0 Å². The Bertz CT molecular complexity index is 1790. The predicted molar refractivity (Wildman–Crippen MR) is 208 cm³/mol. The minimum Gasteiger partial charge on any atom is -0.458 e. The average molecular weight is 780 g/mol. The number of aliphatic hydroxyl groups excluding tert-OH is 1. The number of ether oxygens (including phenoxy) is 5. The van der Waals surface area contributed by atoms with Crippen molar-refractivity contribution in [1.82, 2.24) is 15.2 Å². The Balaban J connectivity index is 1.37. The van der Waals surface area contributed by atoms with Crippen LogP contribution >= 0.6 is 0 Å². The van der Waals surface area contributed by atoms with Gasteiger partial charge in [-0.15, -0.1) is 0 Å². The second kappa shape index (κ2) is 16.4. The molecule has 1 aliphatic carbocycles. The summed E-state index contributed by atoms with van der Waals surface area (Å²) in [5, 5.41) is 15.5. The first kappa shape index (κ1) is 42.1. The number of alkyl carbamates (subject to hydrolysis) is 1. The van der Waals surface area contributed by atoms with E-state index >= 15 is 0 Å². The van der Waals surface area contributed by atoms with Crippen LogP contribution in [0.15, 0.2) is 36.5 Å². The molecule has 0 radical (unpaired) electrons. The third-order valence-electron chi connectivity index (χ3n) is 13.0. The number of hydrogen-bond donors (Lipinski definition) is 2. The number of para-hydroxylation sites is 1. The van der Waals surface area contributed by atoms with Gasteiger partial charge in [-0.05, 0) is 97.0 Å². The minimum absolute atomic E-state index is 0.136. The molecular weight excluding hydrogens is 718 g/mol. The van der Waals surface area contributed by atoms with Gasteiger partial charge in [0.2, 0.25) is 0 Å². The number of cyclic esters (lactones) is 1. The molecule has 6 rings (SSSR count). The number of carbonyl (C=O) groups is 4. The van der Waals surface area contributed by atoms with Crippen molar-refractivity contribution < 1.29 is 48.0 Å². The molecule has 2 unspecified atom stereocenters. The van der Waals surface area contributed by atoms with Crippen LogP contribution in [-0.4, -0.2) is 113 Å². The molecule has 3 aliphatic heterocycles. The van der Waals surface area contributed by atoms with Crippen LogP contribution < -0.4 is 5.32 Å². The number of pyridine rings is 1. The smallest absolute Gasteiger partial charge is 0.408 e. The lowest BCUT2D eigenvalue weighted by molar-refractivity contribution is -0.297. The quantitative estimate of drug-likeness (QED) is 0.267. The number of benzene rings is 1. The molecule has 1 aromatic heterocycles. The summed E-state index contributed by atoms with van der Waals surface area (Å²) < 4.78 is 31.8. The fourth-order valence-electron chi connectivity index (χ4n) is 9.55. The molecule has 4 aliphatic rings. The molecule has 308 valence electrons. The number of nitrogens with zero attached hydrogens (tertiary/aromatic N) is 2. The number of aliphatic hydroxyl groups is 1. The van der Waals surface area contributed by atoms with Crippen molar-refractivity contribution in [2.75, 3.05) is 20.7 Å². The number of ketones is 2. The van der Waals surface area contributed by atoms with Gasteiger partial charge in [0.05, 0.1) is 36.0 Å². The van der Waals surface area contributed by atoms with Crippen LogP contribution in [0.5, 0.6) is 0 Å². The highest BCUT2D eigenvalue weighted by Crippen LogP contribution is 2.49. The molecule has 4 heterocycles. The average Bonchev–Trinajstić information content (AvgIpc) is 3.88. The zero-order valence-corrected chi connectivity index (χ0v) is 34.5. The van der Waals surface area contributed by atoms with Crippen molar-refractivity contribution in [2.24, 2.45) is 29.6 Å². The monoisotopic (exact) mass is 779 g/mol. The second-order valence-corrected chi connectivity index (χ2v) is 17.6. The van der Waals surface area contributed by atoms with Gasteiger partial charge in [-0.1, -0.05) is 45.9 Å². The first-order chi connectivity index (χ1) is 26.4. The molecule has 15 atom stereocenters. The summed E-state index contributed by atoms with van der Waals surface area (Å²) in [6.07, 6.45) is -1.40. The van der Waals surface area contributed by atoms with Gasteiger partial charge in [0.1, 0.15) is 23.9 Å². The largest absolute Gasteiger partial charge is 0.458 e. The first-order valence-electron chi connectivity index (χ1n) is 20.3. The van der Waals surface area contributed by atoms with E-state index in [4.69, 9.17) is 23.7 Å². The summed E-state index contributed by atoms with van der Waals surface area (Å²) in [4.78, 5) is 62.2. The van der Waals surface area contributed by atoms with E-state index in [1.165, 1.54) is 6.92 Å². The first-order valence-corrected chi connectivity index (χ1v) is 20.3. The van der Waals surface area contributed by atoms with Gasteiger partial charge in [-0.25, -0.2) is 4.79 Å². The van der Waals surface area contributed by atoms with Crippen molar-refractivity contribution >= 4 is 34.5 Å². The molecule has 56 heavy (non-hydrogen) atoms. The molecule has 0 bridgehead atoms. The summed E-state index contributed by atoms with van der Waals surface area (Å²) in [6, 6.07) is 9.05. The van der Waals surface area contributed by atoms with Crippen LogP contribution in [0.4, 0.5) is 4.79 Å². The zero-order valence-electron chi connectivity index (χ0n) is 34.5. The minimum atomic E-state index is -1.37. The number of rotatable bonds is 8. The number of carbonyl (C=O) groups excluding carboxylic acids is 4. The number of aromatic nitrogens is 1. The molecule has 2 N–H and O–H groups in total. The number of amides is 1. The van der Waals surface area contributed by atoms with E-state index in [0.29, 0.717) is 13.0 Å². The van der Waals surface area contributed by atoms with E-state index in [9.17, 15) is 24.3 Å². The second-order valence-electron chi connectivity index (χ2n) is 17.6. The van der Waals surface area contributed by atoms with Crippen LogP contribution in [0.25, 0.3) is 10.9 Å². The van der Waals surface area contributed by atoms with Crippen LogP contribution in [0, 0.1) is 29.6 Å². The highest BCUT2D eigenvalue weighted by atomic mass is 16.7. The van der Waals surface area contributed by atoms with Gasteiger partial charge in [-0.2, -0.15) is 0 Å². The zero-order chi connectivity index (χ0) is 40.9. The van der Waals surface area contributed by atoms with E-state index < -0.39 is 83.4 Å². The lowest BCUT2D eigenvalue weighted by Gasteiger charge is -2.47. The van der Waals surface area contributed by atoms with E-state index in [1.807, 2.05) is 70.2 Å². The lowest BCUT2D eigenvalue weighted by atomic mass is 9.73. The predicted octanol–water partition coefficient (Wildman–Crippen LogP) is 5.20. The van der Waals surface area contributed by atoms with Crippen LogP contribution in [0.2, 0.25) is 0 Å². The SMILES string of the molecule is CC[C@@H]1OC(=O)[C@H](C)C(=O)[C@H](C)[C@@H](O[C@@H]2O[C@H](C)C[C@H](N(C)C)[C@H]2O)[C@@](C)(OCC2CC2c2cnc3ccccc3c2)C[C@@H](C)C(=O)[C@@H](C)[C@H]2NC(=O)O[C@]12C. The summed E-state index contributed by atoms with van der Waals surface area (Å²) in [5.74, 6) is -4.61. The molecule has 3 saturated heterocycles. The molecule has 1 saturated carbocycles. The van der Waals surface area contributed by atoms with E-state index in [1.54, 1.807) is 27.7 Å². The Morgan fingerprint density at radius 1 is 1.00 bits per heavy atom. The van der Waals surface area contributed by atoms with Gasteiger partial charge in [0, 0.05) is 35.4 Å². The van der Waals surface area contributed by atoms with E-state index in [2.05, 4.69) is 16.4 Å². The highest BCUT2D eigenvalue weighted by molar-refractivity contribution is 6.00. The molecule has 13 heteroatoms. The van der Waals surface area contributed by atoms with Gasteiger partial charge in [-0.3, -0.25) is 19.4 Å². The number of Topliss-reactive ketones (excluding diaryl/α,β-unsaturated/α-hetero) is 2. The van der Waals surface area contributed by atoms with Crippen molar-refractivity contribution in [3.05, 3.63) is 42.1 Å². The standard InChI is InChI=1S/C43H61N3O10/c1-11-33-43(8)37(45-41(51)56-43)24(4)34(47)22(2)19-42(7,52-21-29-18-30(29)28-17-27-14-12-13-15-31(27)44-20-28)38(25(5)35(48)26(6)39(50)54-33)55-40-36(49)32(46(9)10)16-23(3)53-40/h12-15,17,20,22-26,29-30,32-33,36-38,40,49H,11,16,18-19,21H2,1-10H3,(H,45,51)/t22-,23-,24-,25+,26-,29?,30?,32+,33+,36-,37-,38-,40+,42+,43-/m1/s1. The maximum Gasteiger partial charge on any atom is 0.408 e. The van der Waals surface area contributed by atoms with Crippen molar-refractivity contribution in [1.29, 1.82) is 0 Å². The Morgan fingerprint density at radius 2 is 1.71 bits per heavy atom. The third-order valence-corrected chi connectivity index (χ3v) is 13.0. The van der Waals surface area contributed by atoms with Crippen molar-refractivity contribution in [3.8, 4) is 0 Å². The van der Waals surface area contributed by atoms with Crippen molar-refractivity contribution in [2.45, 2.75) is 141 Å². The topological polar surface area (TPSA) is 163 Å². The number of fused-ring (bicyclic) bond motifs is 2. The Hall–Kier alpha value is -3.49. The van der Waals surface area contributed by atoms with E-state index in [0.717, 1.165) is 22.9 Å². The van der Waals surface area contributed by atoms with Crippen LogP contribution in [-0.2, 0) is 38.1 Å². The molecule has 4 fully saturated rings. The fourth-order valence-corrected chi connectivity index (χ4v) is 9.55. The Morgan fingerprint density at radius 3 is 2.41 bits per heavy atom. The number of hydrogen-bond acceptors (Lipinski definition) is 12. The summed E-state index contributed by atoms with van der Waals surface area (Å²) in [7, 11) is 3.77. The maximum absolute atomic E-state index is 14.5. The number of esters is 1. The normalized spacial score (nSPS) is 41.1. The van der Waals surface area contributed by atoms with Crippen LogP contribution in [0.1, 0.15) is 92.6 Å². The highest BCUT2D eigenvalue weighted by Gasteiger charge is 2.57. The Kier molecular flexibility index (Phi) is 12.3. The van der Waals surface area contributed by atoms with Crippen LogP contribution in [0.3, 0.4) is 0 Å². The maximum atomic E-state index is 14.5. The van der Waals surface area contributed by atoms with Gasteiger partial charge in [0.25, 0.3) is 0 Å². The molecule has 0 spiro atoms. The molecule has 2 aromatic rings. The van der Waals surface area contributed by atoms with Gasteiger partial charge in [0.15, 0.2) is 17.7 Å². The molecule has 13 nitrogen and oxygen atoms in total.